The highest BCUT2D eigenvalue weighted by molar-refractivity contribution is 5.96. The Morgan fingerprint density at radius 1 is 0.931 bits per heavy atom. The molecule has 2 amide bonds. The molecular formula is C22H26N2O5. The molecule has 0 spiro atoms. The molecule has 0 saturated carbocycles. The summed E-state index contributed by atoms with van der Waals surface area (Å²) in [5, 5.41) is 5.27. The second-order valence-corrected chi connectivity index (χ2v) is 7.38. The van der Waals surface area contributed by atoms with Gasteiger partial charge in [0, 0.05) is 11.4 Å². The number of aryl methyl sites for hydroxylation is 1. The third-order valence-corrected chi connectivity index (χ3v) is 3.72. The zero-order valence-electron chi connectivity index (χ0n) is 17.1. The average molecular weight is 398 g/mol. The van der Waals surface area contributed by atoms with Crippen molar-refractivity contribution in [1.82, 2.24) is 0 Å². The molecule has 2 N–H and O–H groups in total. The summed E-state index contributed by atoms with van der Waals surface area (Å²) in [5.41, 5.74) is 1.89. The number of carbonyl (C=O) groups excluding carboxylic acids is 3. The van der Waals surface area contributed by atoms with E-state index in [1.165, 1.54) is 12.1 Å². The SMILES string of the molecule is CCc1cccc(NC(=O)COC(=O)c2ccc(NC(=O)OC(C)(C)C)cc2)c1. The summed E-state index contributed by atoms with van der Waals surface area (Å²) in [5.74, 6) is -1.05. The Morgan fingerprint density at radius 3 is 2.24 bits per heavy atom. The zero-order chi connectivity index (χ0) is 21.4. The van der Waals surface area contributed by atoms with Crippen LogP contribution in [0.5, 0.6) is 0 Å². The van der Waals surface area contributed by atoms with Crippen molar-refractivity contribution in [3.63, 3.8) is 0 Å². The molecule has 29 heavy (non-hydrogen) atoms. The summed E-state index contributed by atoms with van der Waals surface area (Å²) >= 11 is 0. The number of hydrogen-bond donors (Lipinski definition) is 2. The molecule has 0 heterocycles. The van der Waals surface area contributed by atoms with Crippen molar-refractivity contribution in [3.8, 4) is 0 Å². The fourth-order valence-corrected chi connectivity index (χ4v) is 2.39. The molecule has 7 nitrogen and oxygen atoms in total. The maximum absolute atomic E-state index is 12.1. The van der Waals surface area contributed by atoms with Gasteiger partial charge in [-0.05, 0) is 69.2 Å². The molecule has 0 unspecified atom stereocenters. The number of esters is 1. The minimum atomic E-state index is -0.633. The lowest BCUT2D eigenvalue weighted by Gasteiger charge is -2.19. The van der Waals surface area contributed by atoms with Gasteiger partial charge in [-0.15, -0.1) is 0 Å². The summed E-state index contributed by atoms with van der Waals surface area (Å²) in [6, 6.07) is 13.6. The van der Waals surface area contributed by atoms with Gasteiger partial charge >= 0.3 is 12.1 Å². The average Bonchev–Trinajstić information content (AvgIpc) is 2.65. The Kier molecular flexibility index (Phi) is 7.36. The first kappa shape index (κ1) is 21.9. The summed E-state index contributed by atoms with van der Waals surface area (Å²) in [7, 11) is 0. The Labute approximate surface area is 170 Å². The number of rotatable bonds is 6. The van der Waals surface area contributed by atoms with Crippen molar-refractivity contribution in [1.29, 1.82) is 0 Å². The predicted molar refractivity (Wildman–Crippen MR) is 111 cm³/mol. The largest absolute Gasteiger partial charge is 0.452 e. The van der Waals surface area contributed by atoms with Crippen LogP contribution in [0.1, 0.15) is 43.6 Å². The summed E-state index contributed by atoms with van der Waals surface area (Å²) in [6.07, 6.45) is 0.272. The Balaban J connectivity index is 1.84. The number of anilines is 2. The quantitative estimate of drug-likeness (QED) is 0.704. The van der Waals surface area contributed by atoms with Crippen LogP contribution >= 0.6 is 0 Å². The number of ether oxygens (including phenoxy) is 2. The molecule has 0 aromatic heterocycles. The highest BCUT2D eigenvalue weighted by Gasteiger charge is 2.16. The van der Waals surface area contributed by atoms with Crippen LogP contribution in [0.3, 0.4) is 0 Å². The van der Waals surface area contributed by atoms with Gasteiger partial charge in [-0.25, -0.2) is 9.59 Å². The first-order chi connectivity index (χ1) is 13.7. The van der Waals surface area contributed by atoms with E-state index in [1.54, 1.807) is 39.0 Å². The van der Waals surface area contributed by atoms with Gasteiger partial charge in [0.2, 0.25) is 0 Å². The van der Waals surface area contributed by atoms with Gasteiger partial charge in [-0.2, -0.15) is 0 Å². The maximum Gasteiger partial charge on any atom is 0.412 e. The molecule has 0 aliphatic heterocycles. The van der Waals surface area contributed by atoms with E-state index in [9.17, 15) is 14.4 Å². The van der Waals surface area contributed by atoms with Crippen molar-refractivity contribution < 1.29 is 23.9 Å². The van der Waals surface area contributed by atoms with Gasteiger partial charge < -0.3 is 14.8 Å². The van der Waals surface area contributed by atoms with E-state index in [2.05, 4.69) is 10.6 Å². The molecule has 7 heteroatoms. The second-order valence-electron chi connectivity index (χ2n) is 7.38. The molecule has 0 saturated heterocycles. The molecular weight excluding hydrogens is 372 g/mol. The van der Waals surface area contributed by atoms with Gasteiger partial charge in [0.05, 0.1) is 5.56 Å². The third-order valence-electron chi connectivity index (χ3n) is 3.72. The number of nitrogens with one attached hydrogen (secondary N) is 2. The zero-order valence-corrected chi connectivity index (χ0v) is 17.1. The monoisotopic (exact) mass is 398 g/mol. The van der Waals surface area contributed by atoms with Crippen molar-refractivity contribution in [2.45, 2.75) is 39.7 Å². The van der Waals surface area contributed by atoms with Crippen LogP contribution in [0.2, 0.25) is 0 Å². The van der Waals surface area contributed by atoms with Crippen LogP contribution in [0, 0.1) is 0 Å². The number of amides is 2. The molecule has 0 atom stereocenters. The minimum Gasteiger partial charge on any atom is -0.452 e. The normalized spacial score (nSPS) is 10.8. The van der Waals surface area contributed by atoms with Gasteiger partial charge in [0.25, 0.3) is 5.91 Å². The first-order valence-corrected chi connectivity index (χ1v) is 9.32. The highest BCUT2D eigenvalue weighted by Crippen LogP contribution is 2.14. The van der Waals surface area contributed by atoms with Gasteiger partial charge in [0.15, 0.2) is 6.61 Å². The van der Waals surface area contributed by atoms with E-state index in [1.807, 2.05) is 25.1 Å². The van der Waals surface area contributed by atoms with Crippen LogP contribution in [0.4, 0.5) is 16.2 Å². The van der Waals surface area contributed by atoms with Crippen LogP contribution in [0.25, 0.3) is 0 Å². The van der Waals surface area contributed by atoms with E-state index in [4.69, 9.17) is 9.47 Å². The molecule has 2 aromatic rings. The lowest BCUT2D eigenvalue weighted by atomic mass is 10.1. The third kappa shape index (κ3) is 7.65. The van der Waals surface area contributed by atoms with Crippen LogP contribution in [-0.4, -0.2) is 30.2 Å². The van der Waals surface area contributed by atoms with Crippen molar-refractivity contribution in [2.24, 2.45) is 0 Å². The van der Waals surface area contributed by atoms with E-state index < -0.39 is 30.2 Å². The summed E-state index contributed by atoms with van der Waals surface area (Å²) < 4.78 is 10.2. The van der Waals surface area contributed by atoms with Gasteiger partial charge in [-0.1, -0.05) is 19.1 Å². The number of hydrogen-bond acceptors (Lipinski definition) is 5. The molecule has 0 bridgehead atoms. The predicted octanol–water partition coefficient (Wildman–Crippen LogP) is 4.39. The Morgan fingerprint density at radius 2 is 1.62 bits per heavy atom. The highest BCUT2D eigenvalue weighted by atomic mass is 16.6. The fourth-order valence-electron chi connectivity index (χ4n) is 2.39. The molecule has 154 valence electrons. The standard InChI is InChI=1S/C22H26N2O5/c1-5-15-7-6-8-18(13-15)23-19(25)14-28-20(26)16-9-11-17(12-10-16)24-21(27)29-22(2,3)4/h6-13H,5,14H2,1-4H3,(H,23,25)(H,24,27). The lowest BCUT2D eigenvalue weighted by molar-refractivity contribution is -0.119. The topological polar surface area (TPSA) is 93.7 Å². The molecule has 2 rings (SSSR count). The molecule has 2 aromatic carbocycles. The molecule has 0 radical (unpaired) electrons. The summed E-state index contributed by atoms with van der Waals surface area (Å²) in [4.78, 5) is 35.8. The van der Waals surface area contributed by atoms with Crippen molar-refractivity contribution in [2.75, 3.05) is 17.2 Å². The van der Waals surface area contributed by atoms with Gasteiger partial charge in [0.1, 0.15) is 5.60 Å². The number of carbonyl (C=O) groups is 3. The Bertz CT molecular complexity index is 870. The summed E-state index contributed by atoms with van der Waals surface area (Å²) in [6.45, 7) is 6.93. The smallest absolute Gasteiger partial charge is 0.412 e. The van der Waals surface area contributed by atoms with E-state index in [0.29, 0.717) is 11.4 Å². The Hall–Kier alpha value is -3.35. The van der Waals surface area contributed by atoms with Crippen LogP contribution in [0.15, 0.2) is 48.5 Å². The lowest BCUT2D eigenvalue weighted by Crippen LogP contribution is -2.27. The second kappa shape index (κ2) is 9.73. The minimum absolute atomic E-state index is 0.264. The molecule has 0 aliphatic rings. The first-order valence-electron chi connectivity index (χ1n) is 9.32. The van der Waals surface area contributed by atoms with Crippen LogP contribution in [-0.2, 0) is 20.7 Å². The van der Waals surface area contributed by atoms with E-state index in [-0.39, 0.29) is 5.56 Å². The van der Waals surface area contributed by atoms with Crippen molar-refractivity contribution in [3.05, 3.63) is 59.7 Å². The molecule has 0 aliphatic carbocycles. The van der Waals surface area contributed by atoms with E-state index >= 15 is 0 Å². The fraction of sp³-hybridized carbons (Fsp3) is 0.318. The van der Waals surface area contributed by atoms with Crippen molar-refractivity contribution >= 4 is 29.3 Å². The molecule has 0 fully saturated rings. The maximum atomic E-state index is 12.1. The van der Waals surface area contributed by atoms with E-state index in [0.717, 1.165) is 12.0 Å². The van der Waals surface area contributed by atoms with Gasteiger partial charge in [-0.3, -0.25) is 10.1 Å². The van der Waals surface area contributed by atoms with Crippen LogP contribution < -0.4 is 10.6 Å². The number of benzene rings is 2.